The molecule has 6 heteroatoms. The van der Waals surface area contributed by atoms with Gasteiger partial charge in [0.05, 0.1) is 10.8 Å². The van der Waals surface area contributed by atoms with E-state index in [1.807, 2.05) is 0 Å². The van der Waals surface area contributed by atoms with Gasteiger partial charge < -0.3 is 14.8 Å². The largest absolute Gasteiger partial charge is 0.461 e. The van der Waals surface area contributed by atoms with Gasteiger partial charge in [-0.1, -0.05) is 0 Å². The minimum absolute atomic E-state index is 0.0164. The van der Waals surface area contributed by atoms with E-state index in [0.29, 0.717) is 13.0 Å². The van der Waals surface area contributed by atoms with Crippen LogP contribution in [0.2, 0.25) is 0 Å². The molecule has 0 spiro atoms. The number of hydrogen-bond acceptors (Lipinski definition) is 5. The predicted octanol–water partition coefficient (Wildman–Crippen LogP) is 2.06. The Kier molecular flexibility index (Phi) is 7.56. The number of nitrogens with one attached hydrogen (secondary N) is 1. The first-order valence-electron chi connectivity index (χ1n) is 7.47. The van der Waals surface area contributed by atoms with Gasteiger partial charge in [0.2, 0.25) is 5.91 Å². The van der Waals surface area contributed by atoms with Gasteiger partial charge in [0.25, 0.3) is 0 Å². The number of carbonyl (C=O) groups excluding carboxylic acids is 3. The fourth-order valence-corrected chi connectivity index (χ4v) is 1.30. The summed E-state index contributed by atoms with van der Waals surface area (Å²) in [5.74, 6) is -0.886. The van der Waals surface area contributed by atoms with Crippen LogP contribution in [0.1, 0.15) is 54.9 Å². The summed E-state index contributed by atoms with van der Waals surface area (Å²) in [7, 11) is 0. The van der Waals surface area contributed by atoms with Crippen molar-refractivity contribution in [3.05, 3.63) is 0 Å². The van der Waals surface area contributed by atoms with E-state index in [-0.39, 0.29) is 24.5 Å². The van der Waals surface area contributed by atoms with Gasteiger partial charge in [0.15, 0.2) is 0 Å². The Labute approximate surface area is 132 Å². The second-order valence-electron chi connectivity index (χ2n) is 7.40. The second kappa shape index (κ2) is 8.15. The van der Waals surface area contributed by atoms with Crippen LogP contribution in [-0.2, 0) is 23.9 Å². The maximum atomic E-state index is 12.0. The summed E-state index contributed by atoms with van der Waals surface area (Å²) in [6.45, 7) is 12.3. The van der Waals surface area contributed by atoms with Crippen molar-refractivity contribution in [1.82, 2.24) is 5.32 Å². The predicted molar refractivity (Wildman–Crippen MR) is 83.0 cm³/mol. The van der Waals surface area contributed by atoms with Crippen LogP contribution in [0.25, 0.3) is 0 Å². The van der Waals surface area contributed by atoms with Crippen molar-refractivity contribution in [3.8, 4) is 0 Å². The van der Waals surface area contributed by atoms with Crippen molar-refractivity contribution < 1.29 is 23.9 Å². The number of ether oxygens (including phenoxy) is 2. The molecular weight excluding hydrogens is 286 g/mol. The van der Waals surface area contributed by atoms with Crippen molar-refractivity contribution in [2.24, 2.45) is 10.8 Å². The second-order valence-corrected chi connectivity index (χ2v) is 7.40. The van der Waals surface area contributed by atoms with Crippen LogP contribution in [0.3, 0.4) is 0 Å². The average Bonchev–Trinajstić information content (AvgIpc) is 2.32. The number of esters is 2. The Bertz CT molecular complexity index is 404. The first kappa shape index (κ1) is 20.4. The van der Waals surface area contributed by atoms with Gasteiger partial charge in [0.1, 0.15) is 12.7 Å². The summed E-state index contributed by atoms with van der Waals surface area (Å²) in [5, 5.41) is 2.64. The number of hydrogen-bond donors (Lipinski definition) is 1. The van der Waals surface area contributed by atoms with Crippen LogP contribution in [0, 0.1) is 10.8 Å². The van der Waals surface area contributed by atoms with E-state index >= 15 is 0 Å². The Morgan fingerprint density at radius 2 is 1.45 bits per heavy atom. The molecule has 0 saturated heterocycles. The molecule has 0 radical (unpaired) electrons. The van der Waals surface area contributed by atoms with Crippen molar-refractivity contribution in [2.45, 2.75) is 61.0 Å². The fourth-order valence-electron chi connectivity index (χ4n) is 1.30. The summed E-state index contributed by atoms with van der Waals surface area (Å²) in [6.07, 6.45) is -0.191. The first-order valence-corrected chi connectivity index (χ1v) is 7.47. The SMILES string of the molecule is CC(=O)NCC[C@@H](COC(=O)C(C)(C)C)OC(=O)C(C)(C)C. The minimum Gasteiger partial charge on any atom is -0.461 e. The molecule has 128 valence electrons. The van der Waals surface area contributed by atoms with E-state index in [9.17, 15) is 14.4 Å². The highest BCUT2D eigenvalue weighted by molar-refractivity contribution is 5.76. The van der Waals surface area contributed by atoms with E-state index in [0.717, 1.165) is 0 Å². The van der Waals surface area contributed by atoms with Crippen LogP contribution in [0.4, 0.5) is 0 Å². The molecule has 0 rings (SSSR count). The lowest BCUT2D eigenvalue weighted by molar-refractivity contribution is -0.169. The minimum atomic E-state index is -0.639. The topological polar surface area (TPSA) is 81.7 Å². The molecule has 0 heterocycles. The zero-order valence-corrected chi connectivity index (χ0v) is 14.7. The van der Waals surface area contributed by atoms with Crippen LogP contribution >= 0.6 is 0 Å². The molecule has 0 aromatic heterocycles. The molecule has 0 aliphatic rings. The molecule has 22 heavy (non-hydrogen) atoms. The summed E-state index contributed by atoms with van der Waals surface area (Å²) >= 11 is 0. The van der Waals surface area contributed by atoms with Crippen LogP contribution in [-0.4, -0.2) is 37.1 Å². The fraction of sp³-hybridized carbons (Fsp3) is 0.812. The maximum absolute atomic E-state index is 12.0. The molecule has 6 nitrogen and oxygen atoms in total. The zero-order valence-electron chi connectivity index (χ0n) is 14.7. The van der Waals surface area contributed by atoms with Gasteiger partial charge in [-0.2, -0.15) is 0 Å². The molecule has 0 aromatic carbocycles. The van der Waals surface area contributed by atoms with Crippen LogP contribution in [0.5, 0.6) is 0 Å². The normalized spacial score (nSPS) is 13.2. The summed E-state index contributed by atoms with van der Waals surface area (Å²) in [4.78, 5) is 34.7. The number of rotatable bonds is 6. The standard InChI is InChI=1S/C16H29NO5/c1-11(18)17-9-8-12(22-14(20)16(5,6)7)10-21-13(19)15(2,3)4/h12H,8-10H2,1-7H3,(H,17,18)/t12-/m0/s1. The maximum Gasteiger partial charge on any atom is 0.311 e. The third-order valence-electron chi connectivity index (χ3n) is 2.74. The van der Waals surface area contributed by atoms with E-state index in [1.165, 1.54) is 6.92 Å². The molecule has 1 amide bonds. The highest BCUT2D eigenvalue weighted by Gasteiger charge is 2.28. The van der Waals surface area contributed by atoms with Crippen molar-refractivity contribution in [1.29, 1.82) is 0 Å². The zero-order chi connectivity index (χ0) is 17.6. The van der Waals surface area contributed by atoms with Crippen LogP contribution < -0.4 is 5.32 Å². The van der Waals surface area contributed by atoms with E-state index in [4.69, 9.17) is 9.47 Å². The molecule has 0 aliphatic heterocycles. The molecule has 1 atom stereocenters. The van der Waals surface area contributed by atoms with Gasteiger partial charge >= 0.3 is 11.9 Å². The quantitative estimate of drug-likeness (QED) is 0.759. The van der Waals surface area contributed by atoms with Gasteiger partial charge in [-0.15, -0.1) is 0 Å². The summed E-state index contributed by atoms with van der Waals surface area (Å²) < 4.78 is 10.6. The van der Waals surface area contributed by atoms with Crippen LogP contribution in [0.15, 0.2) is 0 Å². The highest BCUT2D eigenvalue weighted by Crippen LogP contribution is 2.19. The summed E-state index contributed by atoms with van der Waals surface area (Å²) in [5.41, 5.74) is -1.25. The third kappa shape index (κ3) is 8.64. The van der Waals surface area contributed by atoms with Gasteiger partial charge in [-0.05, 0) is 41.5 Å². The molecule has 0 aliphatic carbocycles. The monoisotopic (exact) mass is 315 g/mol. The lowest BCUT2D eigenvalue weighted by Gasteiger charge is -2.25. The molecule has 0 fully saturated rings. The lowest BCUT2D eigenvalue weighted by atomic mass is 9.97. The Morgan fingerprint density at radius 3 is 1.86 bits per heavy atom. The smallest absolute Gasteiger partial charge is 0.311 e. The molecule has 1 N–H and O–H groups in total. The summed E-state index contributed by atoms with van der Waals surface area (Å²) in [6, 6.07) is 0. The number of carbonyl (C=O) groups is 3. The highest BCUT2D eigenvalue weighted by atomic mass is 16.6. The molecule has 0 saturated carbocycles. The van der Waals surface area contributed by atoms with Gasteiger partial charge in [0, 0.05) is 19.9 Å². The van der Waals surface area contributed by atoms with Crippen molar-refractivity contribution in [2.75, 3.05) is 13.2 Å². The average molecular weight is 315 g/mol. The van der Waals surface area contributed by atoms with E-state index in [1.54, 1.807) is 41.5 Å². The molecular formula is C16H29NO5. The lowest BCUT2D eigenvalue weighted by Crippen LogP contribution is -2.35. The Hall–Kier alpha value is -1.59. The van der Waals surface area contributed by atoms with Gasteiger partial charge in [-0.25, -0.2) is 0 Å². The molecule has 0 aromatic rings. The first-order chi connectivity index (χ1) is 9.84. The Balaban J connectivity index is 4.62. The molecule has 0 bridgehead atoms. The number of amides is 1. The van der Waals surface area contributed by atoms with E-state index in [2.05, 4.69) is 5.32 Å². The third-order valence-corrected chi connectivity index (χ3v) is 2.74. The van der Waals surface area contributed by atoms with E-state index < -0.39 is 16.9 Å². The van der Waals surface area contributed by atoms with Crippen molar-refractivity contribution >= 4 is 17.8 Å². The van der Waals surface area contributed by atoms with Crippen molar-refractivity contribution in [3.63, 3.8) is 0 Å². The van der Waals surface area contributed by atoms with Gasteiger partial charge in [-0.3, -0.25) is 14.4 Å². The Morgan fingerprint density at radius 1 is 0.955 bits per heavy atom. The molecule has 0 unspecified atom stereocenters.